The van der Waals surface area contributed by atoms with Gasteiger partial charge in [-0.25, -0.2) is 13.1 Å². The number of aliphatic hydroxyl groups excluding tert-OH is 1. The fourth-order valence-corrected chi connectivity index (χ4v) is 2.97. The molecule has 1 aromatic rings. The molecule has 0 fully saturated rings. The maximum Gasteiger partial charge on any atom is 0.271 e. The number of methoxy groups -OCH3 is 1. The minimum atomic E-state index is -3.97. The highest BCUT2D eigenvalue weighted by Crippen LogP contribution is 2.25. The quantitative estimate of drug-likeness (QED) is 0.558. The van der Waals surface area contributed by atoms with Crippen molar-refractivity contribution < 1.29 is 23.2 Å². The van der Waals surface area contributed by atoms with Crippen molar-refractivity contribution in [2.45, 2.75) is 11.0 Å². The first-order valence-corrected chi connectivity index (χ1v) is 7.24. The van der Waals surface area contributed by atoms with Crippen molar-refractivity contribution in [2.75, 3.05) is 20.3 Å². The fraction of sp³-hybridized carbons (Fsp3) is 0.400. The van der Waals surface area contributed by atoms with Crippen molar-refractivity contribution in [3.8, 4) is 0 Å². The molecule has 0 spiro atoms. The third kappa shape index (κ3) is 4.39. The molecule has 0 aromatic heterocycles. The molecule has 0 heterocycles. The van der Waals surface area contributed by atoms with Crippen LogP contribution in [-0.4, -0.2) is 44.8 Å². The van der Waals surface area contributed by atoms with Gasteiger partial charge in [0.25, 0.3) is 5.69 Å². The fourth-order valence-electron chi connectivity index (χ4n) is 1.36. The molecule has 1 rings (SSSR count). The van der Waals surface area contributed by atoms with Crippen molar-refractivity contribution in [1.82, 2.24) is 4.72 Å². The van der Waals surface area contributed by atoms with Crippen molar-refractivity contribution >= 4 is 27.3 Å². The minimum absolute atomic E-state index is 0.0312. The Bertz CT molecular complexity index is 591. The minimum Gasteiger partial charge on any atom is -0.389 e. The number of ether oxygens (including phenoxy) is 1. The van der Waals surface area contributed by atoms with E-state index in [2.05, 4.69) is 9.46 Å². The first-order valence-electron chi connectivity index (χ1n) is 5.38. The van der Waals surface area contributed by atoms with E-state index in [-0.39, 0.29) is 28.8 Å². The third-order valence-electron chi connectivity index (χ3n) is 2.28. The number of nitro groups is 1. The number of nitrogens with zero attached hydrogens (tertiary/aromatic N) is 1. The summed E-state index contributed by atoms with van der Waals surface area (Å²) in [6.45, 7) is -0.292. The monoisotopic (exact) mass is 324 g/mol. The molecule has 0 aliphatic carbocycles. The van der Waals surface area contributed by atoms with Gasteiger partial charge >= 0.3 is 0 Å². The second-order valence-corrected chi connectivity index (χ2v) is 5.98. The van der Waals surface area contributed by atoms with Crippen LogP contribution >= 0.6 is 11.6 Å². The van der Waals surface area contributed by atoms with Crippen molar-refractivity contribution in [2.24, 2.45) is 0 Å². The van der Waals surface area contributed by atoms with E-state index >= 15 is 0 Å². The number of nitrogens with one attached hydrogen (secondary N) is 1. The van der Waals surface area contributed by atoms with Crippen LogP contribution in [0.3, 0.4) is 0 Å². The van der Waals surface area contributed by atoms with Gasteiger partial charge in [0.2, 0.25) is 10.0 Å². The molecule has 0 radical (unpaired) electrons. The zero-order chi connectivity index (χ0) is 15.3. The zero-order valence-corrected chi connectivity index (χ0v) is 12.0. The normalized spacial score (nSPS) is 13.2. The highest BCUT2D eigenvalue weighted by atomic mass is 35.5. The first kappa shape index (κ1) is 16.8. The standard InChI is InChI=1S/C10H13ClN2O6S/c1-19-6-8(14)5-12-20(17,18)10-3-2-7(13(15)16)4-9(10)11/h2-4,8,12,14H,5-6H2,1H3. The van der Waals surface area contributed by atoms with E-state index < -0.39 is 21.1 Å². The van der Waals surface area contributed by atoms with E-state index in [4.69, 9.17) is 11.6 Å². The average molecular weight is 325 g/mol. The van der Waals surface area contributed by atoms with Crippen LogP contribution in [0.5, 0.6) is 0 Å². The van der Waals surface area contributed by atoms with Crippen LogP contribution in [0.2, 0.25) is 5.02 Å². The molecular weight excluding hydrogens is 312 g/mol. The lowest BCUT2D eigenvalue weighted by molar-refractivity contribution is -0.384. The average Bonchev–Trinajstić information content (AvgIpc) is 2.36. The summed E-state index contributed by atoms with van der Waals surface area (Å²) in [5.41, 5.74) is -0.312. The van der Waals surface area contributed by atoms with E-state index in [1.54, 1.807) is 0 Å². The molecule has 112 valence electrons. The lowest BCUT2D eigenvalue weighted by Gasteiger charge is -2.12. The molecule has 0 aliphatic rings. The molecule has 0 saturated heterocycles. The van der Waals surface area contributed by atoms with Crippen LogP contribution in [0, 0.1) is 10.1 Å². The van der Waals surface area contributed by atoms with Crippen LogP contribution in [0.4, 0.5) is 5.69 Å². The number of non-ortho nitro benzene ring substituents is 1. The Morgan fingerprint density at radius 1 is 1.55 bits per heavy atom. The van der Waals surface area contributed by atoms with E-state index in [0.717, 1.165) is 18.2 Å². The number of hydrogen-bond acceptors (Lipinski definition) is 6. The number of benzene rings is 1. The Morgan fingerprint density at radius 3 is 2.70 bits per heavy atom. The predicted molar refractivity (Wildman–Crippen MR) is 71.2 cm³/mol. The molecule has 1 atom stereocenters. The number of halogens is 1. The van der Waals surface area contributed by atoms with Gasteiger partial charge in [-0.1, -0.05) is 11.6 Å². The molecule has 0 bridgehead atoms. The smallest absolute Gasteiger partial charge is 0.271 e. The van der Waals surface area contributed by atoms with Crippen LogP contribution in [0.25, 0.3) is 0 Å². The maximum absolute atomic E-state index is 11.9. The Balaban J connectivity index is 2.90. The topological polar surface area (TPSA) is 119 Å². The summed E-state index contributed by atoms with van der Waals surface area (Å²) in [5.74, 6) is 0. The summed E-state index contributed by atoms with van der Waals surface area (Å²) in [6, 6.07) is 3.01. The van der Waals surface area contributed by atoms with Gasteiger partial charge in [0.15, 0.2) is 0 Å². The van der Waals surface area contributed by atoms with Crippen LogP contribution < -0.4 is 4.72 Å². The molecule has 2 N–H and O–H groups in total. The predicted octanol–water partition coefficient (Wildman–Crippen LogP) is 0.534. The van der Waals surface area contributed by atoms with E-state index in [1.165, 1.54) is 7.11 Å². The molecule has 0 aliphatic heterocycles. The van der Waals surface area contributed by atoms with Crippen LogP contribution in [0.1, 0.15) is 0 Å². The van der Waals surface area contributed by atoms with Gasteiger partial charge in [-0.3, -0.25) is 10.1 Å². The van der Waals surface area contributed by atoms with Gasteiger partial charge in [-0.2, -0.15) is 0 Å². The molecule has 1 aromatic carbocycles. The van der Waals surface area contributed by atoms with Crippen LogP contribution in [-0.2, 0) is 14.8 Å². The Morgan fingerprint density at radius 2 is 2.20 bits per heavy atom. The molecule has 1 unspecified atom stereocenters. The van der Waals surface area contributed by atoms with Crippen LogP contribution in [0.15, 0.2) is 23.1 Å². The molecule has 20 heavy (non-hydrogen) atoms. The molecular formula is C10H13ClN2O6S. The Hall–Kier alpha value is -1.26. The van der Waals surface area contributed by atoms with Gasteiger partial charge in [0.1, 0.15) is 4.90 Å². The maximum atomic E-state index is 11.9. The summed E-state index contributed by atoms with van der Waals surface area (Å²) in [5, 5.41) is 19.6. The number of aliphatic hydroxyl groups is 1. The van der Waals surface area contributed by atoms with Crippen molar-refractivity contribution in [3.05, 3.63) is 33.3 Å². The highest BCUT2D eigenvalue weighted by molar-refractivity contribution is 7.89. The highest BCUT2D eigenvalue weighted by Gasteiger charge is 2.21. The summed E-state index contributed by atoms with van der Waals surface area (Å²) in [7, 11) is -2.60. The largest absolute Gasteiger partial charge is 0.389 e. The summed E-state index contributed by atoms with van der Waals surface area (Å²) in [4.78, 5) is 9.56. The Kier molecular flexibility index (Phi) is 5.84. The molecule has 8 nitrogen and oxygen atoms in total. The van der Waals surface area contributed by atoms with Gasteiger partial charge < -0.3 is 9.84 Å². The Labute approximate surface area is 120 Å². The van der Waals surface area contributed by atoms with E-state index in [0.29, 0.717) is 0 Å². The second kappa shape index (κ2) is 6.95. The van der Waals surface area contributed by atoms with Crippen molar-refractivity contribution in [1.29, 1.82) is 0 Å². The van der Waals surface area contributed by atoms with Gasteiger partial charge in [-0.05, 0) is 6.07 Å². The van der Waals surface area contributed by atoms with Gasteiger partial charge in [0.05, 0.1) is 22.7 Å². The van der Waals surface area contributed by atoms with Gasteiger partial charge in [-0.15, -0.1) is 0 Å². The number of hydrogen-bond donors (Lipinski definition) is 2. The number of sulfonamides is 1. The second-order valence-electron chi connectivity index (χ2n) is 3.83. The zero-order valence-electron chi connectivity index (χ0n) is 10.4. The molecule has 10 heteroatoms. The first-order chi connectivity index (χ1) is 9.27. The SMILES string of the molecule is COCC(O)CNS(=O)(=O)c1ccc([N+](=O)[O-])cc1Cl. The summed E-state index contributed by atoms with van der Waals surface area (Å²) in [6.07, 6.45) is -1.01. The lowest BCUT2D eigenvalue weighted by Crippen LogP contribution is -2.34. The number of nitro benzene ring substituents is 1. The van der Waals surface area contributed by atoms with Gasteiger partial charge in [0, 0.05) is 25.8 Å². The summed E-state index contributed by atoms with van der Waals surface area (Å²) >= 11 is 5.72. The summed E-state index contributed by atoms with van der Waals surface area (Å²) < 4.78 is 30.6. The molecule has 0 saturated carbocycles. The number of rotatable bonds is 7. The van der Waals surface area contributed by atoms with Crippen molar-refractivity contribution in [3.63, 3.8) is 0 Å². The van der Waals surface area contributed by atoms with E-state index in [1.807, 2.05) is 0 Å². The third-order valence-corrected chi connectivity index (χ3v) is 4.19. The van der Waals surface area contributed by atoms with E-state index in [9.17, 15) is 23.6 Å². The lowest BCUT2D eigenvalue weighted by atomic mass is 10.3. The molecule has 0 amide bonds.